The van der Waals surface area contributed by atoms with Gasteiger partial charge in [-0.05, 0) is 35.7 Å². The molecule has 0 bridgehead atoms. The molecule has 3 aromatic rings. The van der Waals surface area contributed by atoms with E-state index < -0.39 is 0 Å². The molecule has 0 radical (unpaired) electrons. The van der Waals surface area contributed by atoms with Crippen molar-refractivity contribution in [3.05, 3.63) is 77.3 Å². The van der Waals surface area contributed by atoms with Crippen molar-refractivity contribution < 1.29 is 9.53 Å². The number of fused-ring (bicyclic) bond motifs is 1. The molecule has 0 aliphatic carbocycles. The fourth-order valence-electron chi connectivity index (χ4n) is 2.18. The minimum Gasteiger partial charge on any atom is -0.485 e. The third-order valence-corrected chi connectivity index (χ3v) is 3.53. The van der Waals surface area contributed by atoms with Gasteiger partial charge in [0, 0.05) is 16.0 Å². The average molecular weight is 297 g/mol. The van der Waals surface area contributed by atoms with E-state index in [9.17, 15) is 4.79 Å². The summed E-state index contributed by atoms with van der Waals surface area (Å²) in [6.07, 6.45) is 0. The highest BCUT2D eigenvalue weighted by molar-refractivity contribution is 6.30. The first-order valence-corrected chi connectivity index (χ1v) is 7.01. The van der Waals surface area contributed by atoms with Crippen molar-refractivity contribution in [3.8, 4) is 5.75 Å². The van der Waals surface area contributed by atoms with Crippen molar-refractivity contribution in [2.75, 3.05) is 6.61 Å². The molecule has 0 unspecified atom stereocenters. The molecule has 0 saturated heterocycles. The van der Waals surface area contributed by atoms with Gasteiger partial charge in [0.2, 0.25) is 0 Å². The predicted octanol–water partition coefficient (Wildman–Crippen LogP) is 4.75. The third-order valence-electron chi connectivity index (χ3n) is 3.27. The zero-order chi connectivity index (χ0) is 14.7. The van der Waals surface area contributed by atoms with Crippen LogP contribution in [0.25, 0.3) is 10.8 Å². The average Bonchev–Trinajstić information content (AvgIpc) is 2.53. The van der Waals surface area contributed by atoms with Gasteiger partial charge in [0.25, 0.3) is 0 Å². The number of rotatable bonds is 4. The van der Waals surface area contributed by atoms with Crippen molar-refractivity contribution in [1.29, 1.82) is 0 Å². The van der Waals surface area contributed by atoms with Crippen molar-refractivity contribution in [1.82, 2.24) is 0 Å². The fraction of sp³-hybridized carbons (Fsp3) is 0.0556. The Morgan fingerprint density at radius 1 is 0.905 bits per heavy atom. The molecular weight excluding hydrogens is 284 g/mol. The summed E-state index contributed by atoms with van der Waals surface area (Å²) < 4.78 is 5.68. The summed E-state index contributed by atoms with van der Waals surface area (Å²) in [6.45, 7) is 0.00956. The maximum absolute atomic E-state index is 12.1. The van der Waals surface area contributed by atoms with Crippen LogP contribution < -0.4 is 4.74 Å². The summed E-state index contributed by atoms with van der Waals surface area (Å²) in [4.78, 5) is 12.1. The number of hydrogen-bond acceptors (Lipinski definition) is 2. The van der Waals surface area contributed by atoms with Gasteiger partial charge >= 0.3 is 0 Å². The van der Waals surface area contributed by atoms with Crippen LogP contribution in [0.4, 0.5) is 0 Å². The first kappa shape index (κ1) is 13.7. The lowest BCUT2D eigenvalue weighted by atomic mass is 10.1. The van der Waals surface area contributed by atoms with E-state index in [0.717, 1.165) is 16.5 Å². The SMILES string of the molecule is O=C(COc1cccc2ccccc12)c1ccc(Cl)cc1. The summed E-state index contributed by atoms with van der Waals surface area (Å²) in [5, 5.41) is 2.71. The van der Waals surface area contributed by atoms with E-state index in [4.69, 9.17) is 16.3 Å². The molecule has 21 heavy (non-hydrogen) atoms. The molecule has 3 rings (SSSR count). The van der Waals surface area contributed by atoms with E-state index in [-0.39, 0.29) is 12.4 Å². The summed E-state index contributed by atoms with van der Waals surface area (Å²) in [6, 6.07) is 20.6. The van der Waals surface area contributed by atoms with Crippen molar-refractivity contribution in [2.45, 2.75) is 0 Å². The molecule has 0 aliphatic heterocycles. The molecule has 104 valence electrons. The van der Waals surface area contributed by atoms with Crippen molar-refractivity contribution in [2.24, 2.45) is 0 Å². The number of carbonyl (C=O) groups is 1. The Morgan fingerprint density at radius 2 is 1.62 bits per heavy atom. The molecule has 0 aromatic heterocycles. The first-order valence-electron chi connectivity index (χ1n) is 6.63. The lowest BCUT2D eigenvalue weighted by Gasteiger charge is -2.08. The highest BCUT2D eigenvalue weighted by Gasteiger charge is 2.08. The third kappa shape index (κ3) is 3.06. The summed E-state index contributed by atoms with van der Waals surface area (Å²) >= 11 is 5.81. The van der Waals surface area contributed by atoms with Crippen LogP contribution in [-0.2, 0) is 0 Å². The Bertz CT molecular complexity index is 773. The van der Waals surface area contributed by atoms with E-state index in [0.29, 0.717) is 10.6 Å². The van der Waals surface area contributed by atoms with Gasteiger partial charge in [0.05, 0.1) is 0 Å². The Kier molecular flexibility index (Phi) is 3.89. The van der Waals surface area contributed by atoms with Gasteiger partial charge in [0.1, 0.15) is 5.75 Å². The summed E-state index contributed by atoms with van der Waals surface area (Å²) in [5.74, 6) is 0.648. The zero-order valence-electron chi connectivity index (χ0n) is 11.3. The van der Waals surface area contributed by atoms with Crippen molar-refractivity contribution >= 4 is 28.2 Å². The molecular formula is C18H13ClO2. The molecule has 0 saturated carbocycles. The van der Waals surface area contributed by atoms with Crippen LogP contribution in [0.5, 0.6) is 5.75 Å². The number of benzene rings is 3. The van der Waals surface area contributed by atoms with Gasteiger partial charge in [-0.15, -0.1) is 0 Å². The predicted molar refractivity (Wildman–Crippen MR) is 85.2 cm³/mol. The van der Waals surface area contributed by atoms with Crippen LogP contribution in [-0.4, -0.2) is 12.4 Å². The standard InChI is InChI=1S/C18H13ClO2/c19-15-10-8-14(9-11-15)17(20)12-21-18-7-3-5-13-4-1-2-6-16(13)18/h1-11H,12H2. The minimum atomic E-state index is -0.0698. The van der Waals surface area contributed by atoms with Gasteiger partial charge in [-0.25, -0.2) is 0 Å². The Balaban J connectivity index is 1.77. The first-order chi connectivity index (χ1) is 10.2. The van der Waals surface area contributed by atoms with Gasteiger partial charge in [-0.1, -0.05) is 48.0 Å². The topological polar surface area (TPSA) is 26.3 Å². The second-order valence-corrected chi connectivity index (χ2v) is 5.13. The second-order valence-electron chi connectivity index (χ2n) is 4.70. The molecule has 0 heterocycles. The fourth-order valence-corrected chi connectivity index (χ4v) is 2.31. The molecule has 3 heteroatoms. The van der Waals surface area contributed by atoms with E-state index in [1.165, 1.54) is 0 Å². The quantitative estimate of drug-likeness (QED) is 0.649. The number of carbonyl (C=O) groups excluding carboxylic acids is 1. The molecule has 0 aliphatic rings. The zero-order valence-corrected chi connectivity index (χ0v) is 12.0. The molecule has 0 amide bonds. The monoisotopic (exact) mass is 296 g/mol. The van der Waals surface area contributed by atoms with Gasteiger partial charge in [-0.2, -0.15) is 0 Å². The van der Waals surface area contributed by atoms with Gasteiger partial charge in [0.15, 0.2) is 12.4 Å². The number of halogens is 1. The van der Waals surface area contributed by atoms with Crippen LogP contribution in [0.15, 0.2) is 66.7 Å². The smallest absolute Gasteiger partial charge is 0.200 e. The minimum absolute atomic E-state index is 0.00956. The highest BCUT2D eigenvalue weighted by atomic mass is 35.5. The Labute approximate surface area is 127 Å². The van der Waals surface area contributed by atoms with Crippen molar-refractivity contribution in [3.63, 3.8) is 0 Å². The molecule has 0 spiro atoms. The lowest BCUT2D eigenvalue weighted by Crippen LogP contribution is -2.11. The van der Waals surface area contributed by atoms with Crippen LogP contribution in [0.2, 0.25) is 5.02 Å². The summed E-state index contributed by atoms with van der Waals surface area (Å²) in [5.41, 5.74) is 0.597. The van der Waals surface area contributed by atoms with Gasteiger partial charge < -0.3 is 4.74 Å². The van der Waals surface area contributed by atoms with E-state index in [1.807, 2.05) is 42.5 Å². The van der Waals surface area contributed by atoms with Crippen LogP contribution in [0.3, 0.4) is 0 Å². The Morgan fingerprint density at radius 3 is 2.43 bits per heavy atom. The lowest BCUT2D eigenvalue weighted by molar-refractivity contribution is 0.0922. The number of ether oxygens (including phenoxy) is 1. The molecule has 3 aromatic carbocycles. The maximum Gasteiger partial charge on any atom is 0.200 e. The molecule has 0 atom stereocenters. The second kappa shape index (κ2) is 5.98. The molecule has 2 nitrogen and oxygen atoms in total. The van der Waals surface area contributed by atoms with Gasteiger partial charge in [-0.3, -0.25) is 4.79 Å². The Hall–Kier alpha value is -2.32. The van der Waals surface area contributed by atoms with Crippen LogP contribution >= 0.6 is 11.6 Å². The molecule has 0 fully saturated rings. The number of ketones is 1. The van der Waals surface area contributed by atoms with E-state index >= 15 is 0 Å². The largest absolute Gasteiger partial charge is 0.485 e. The highest BCUT2D eigenvalue weighted by Crippen LogP contribution is 2.25. The van der Waals surface area contributed by atoms with Crippen LogP contribution in [0.1, 0.15) is 10.4 Å². The molecule has 0 N–H and O–H groups in total. The van der Waals surface area contributed by atoms with E-state index in [1.54, 1.807) is 24.3 Å². The van der Waals surface area contributed by atoms with Crippen LogP contribution in [0, 0.1) is 0 Å². The normalized spacial score (nSPS) is 10.5. The summed E-state index contributed by atoms with van der Waals surface area (Å²) in [7, 11) is 0. The maximum atomic E-state index is 12.1. The van der Waals surface area contributed by atoms with E-state index in [2.05, 4.69) is 0 Å². The number of hydrogen-bond donors (Lipinski definition) is 0. The number of Topliss-reactive ketones (excluding diaryl/α,β-unsaturated/α-hetero) is 1.